The average molecular weight is 260 g/mol. The van der Waals surface area contributed by atoms with Gasteiger partial charge in [0.2, 0.25) is 11.9 Å². The molecule has 0 saturated heterocycles. The summed E-state index contributed by atoms with van der Waals surface area (Å²) in [7, 11) is 0.544. The lowest BCUT2D eigenvalue weighted by Crippen LogP contribution is -2.22. The maximum atomic E-state index is 11.2. The van der Waals surface area contributed by atoms with Crippen LogP contribution < -0.4 is 21.3 Å². The van der Waals surface area contributed by atoms with E-state index in [-0.39, 0.29) is 17.2 Å². The Balaban J connectivity index is 2.73. The van der Waals surface area contributed by atoms with Crippen molar-refractivity contribution in [3.8, 4) is 6.01 Å². The van der Waals surface area contributed by atoms with E-state index in [1.165, 1.54) is 7.11 Å². The number of hydrogen-bond donors (Lipinski definition) is 3. The molecular formula is C8H16N6O2S. The number of nitrogen functional groups attached to an aromatic ring is 1. The van der Waals surface area contributed by atoms with Crippen molar-refractivity contribution in [2.24, 2.45) is 5.84 Å². The van der Waals surface area contributed by atoms with Crippen LogP contribution in [0.15, 0.2) is 0 Å². The molecule has 0 aliphatic heterocycles. The minimum atomic E-state index is -0.904. The molecule has 0 aliphatic carbocycles. The Morgan fingerprint density at radius 1 is 1.41 bits per heavy atom. The Bertz CT molecular complexity index is 379. The molecule has 0 fully saturated rings. The Kier molecular flexibility index (Phi) is 5.04. The van der Waals surface area contributed by atoms with Crippen molar-refractivity contribution in [2.75, 3.05) is 30.7 Å². The minimum absolute atomic E-state index is 0.00736. The van der Waals surface area contributed by atoms with Crippen molar-refractivity contribution in [1.29, 1.82) is 0 Å². The fraction of sp³-hybridized carbons (Fsp3) is 0.625. The van der Waals surface area contributed by atoms with Gasteiger partial charge in [-0.25, -0.2) is 5.84 Å². The van der Waals surface area contributed by atoms with E-state index in [0.717, 1.165) is 0 Å². The molecule has 9 heteroatoms. The average Bonchev–Trinajstić information content (AvgIpc) is 2.35. The van der Waals surface area contributed by atoms with E-state index in [1.54, 1.807) is 6.26 Å². The maximum absolute atomic E-state index is 11.2. The van der Waals surface area contributed by atoms with E-state index in [2.05, 4.69) is 25.7 Å². The summed E-state index contributed by atoms with van der Waals surface area (Å²) in [5.74, 6) is 5.73. The predicted octanol–water partition coefficient (Wildman–Crippen LogP) is -0.655. The van der Waals surface area contributed by atoms with Crippen LogP contribution in [0.5, 0.6) is 6.01 Å². The largest absolute Gasteiger partial charge is 0.467 e. The van der Waals surface area contributed by atoms with Crippen LogP contribution in [0.3, 0.4) is 0 Å². The van der Waals surface area contributed by atoms with Gasteiger partial charge < -0.3 is 10.1 Å². The Morgan fingerprint density at radius 2 is 2.06 bits per heavy atom. The Hall–Kier alpha value is -1.48. The number of aromatic nitrogens is 3. The summed E-state index contributed by atoms with van der Waals surface area (Å²) >= 11 is 0. The molecule has 4 N–H and O–H groups in total. The smallest absolute Gasteiger partial charge is 0.322 e. The molecule has 0 saturated carbocycles. The number of methoxy groups -OCH3 is 1. The van der Waals surface area contributed by atoms with Gasteiger partial charge in [0.15, 0.2) is 0 Å². The highest BCUT2D eigenvalue weighted by atomic mass is 32.2. The van der Waals surface area contributed by atoms with E-state index < -0.39 is 10.8 Å². The second-order valence-corrected chi connectivity index (χ2v) is 5.11. The van der Waals surface area contributed by atoms with E-state index in [0.29, 0.717) is 12.5 Å². The first-order valence-electron chi connectivity index (χ1n) is 4.89. The summed E-state index contributed by atoms with van der Waals surface area (Å²) in [6.45, 7) is 2.35. The SMILES string of the molecule is COc1nc(NN)nc(NCC(C)S(C)=O)n1. The fourth-order valence-electron chi connectivity index (χ4n) is 0.944. The molecule has 0 aliphatic rings. The zero-order valence-corrected chi connectivity index (χ0v) is 10.7. The summed E-state index contributed by atoms with van der Waals surface area (Å²) in [5.41, 5.74) is 2.31. The first-order chi connectivity index (χ1) is 8.06. The summed E-state index contributed by atoms with van der Waals surface area (Å²) < 4.78 is 16.1. The molecule has 8 nitrogen and oxygen atoms in total. The third-order valence-electron chi connectivity index (χ3n) is 2.04. The van der Waals surface area contributed by atoms with E-state index in [4.69, 9.17) is 10.6 Å². The molecule has 0 spiro atoms. The number of rotatable bonds is 6. The van der Waals surface area contributed by atoms with Crippen LogP contribution in [-0.2, 0) is 10.8 Å². The number of hydrazine groups is 1. The summed E-state index contributed by atoms with van der Waals surface area (Å²) in [6, 6.07) is 0.153. The molecule has 1 rings (SSSR count). The van der Waals surface area contributed by atoms with E-state index in [9.17, 15) is 4.21 Å². The van der Waals surface area contributed by atoms with Gasteiger partial charge >= 0.3 is 6.01 Å². The van der Waals surface area contributed by atoms with Gasteiger partial charge in [-0.3, -0.25) is 9.63 Å². The van der Waals surface area contributed by atoms with Crippen LogP contribution in [-0.4, -0.2) is 44.3 Å². The molecule has 2 unspecified atom stereocenters. The van der Waals surface area contributed by atoms with Crippen molar-refractivity contribution < 1.29 is 8.95 Å². The zero-order chi connectivity index (χ0) is 12.8. The molecule has 1 aromatic heterocycles. The molecule has 0 radical (unpaired) electrons. The molecule has 0 amide bonds. The normalized spacial score (nSPS) is 13.9. The predicted molar refractivity (Wildman–Crippen MR) is 66.2 cm³/mol. The lowest BCUT2D eigenvalue weighted by molar-refractivity contribution is 0.379. The number of nitrogens with two attached hydrogens (primary N) is 1. The van der Waals surface area contributed by atoms with Gasteiger partial charge in [0.1, 0.15) is 0 Å². The van der Waals surface area contributed by atoms with Gasteiger partial charge in [0.05, 0.1) is 7.11 Å². The van der Waals surface area contributed by atoms with E-state index in [1.807, 2.05) is 6.92 Å². The lowest BCUT2D eigenvalue weighted by atomic mass is 10.5. The van der Waals surface area contributed by atoms with Crippen LogP contribution in [0.2, 0.25) is 0 Å². The van der Waals surface area contributed by atoms with Crippen molar-refractivity contribution >= 4 is 22.7 Å². The third-order valence-corrected chi connectivity index (χ3v) is 3.34. The first kappa shape index (κ1) is 13.6. The highest BCUT2D eigenvalue weighted by molar-refractivity contribution is 7.84. The van der Waals surface area contributed by atoms with E-state index >= 15 is 0 Å². The Morgan fingerprint density at radius 3 is 2.59 bits per heavy atom. The summed E-state index contributed by atoms with van der Waals surface area (Å²) in [6.07, 6.45) is 1.65. The van der Waals surface area contributed by atoms with Gasteiger partial charge in [0.25, 0.3) is 0 Å². The molecule has 1 heterocycles. The highest BCUT2D eigenvalue weighted by Gasteiger charge is 2.09. The molecule has 0 bridgehead atoms. The molecule has 17 heavy (non-hydrogen) atoms. The number of ether oxygens (including phenoxy) is 1. The summed E-state index contributed by atoms with van der Waals surface area (Å²) in [4.78, 5) is 11.8. The monoisotopic (exact) mass is 260 g/mol. The van der Waals surface area contributed by atoms with Gasteiger partial charge in [-0.15, -0.1) is 0 Å². The molecule has 1 aromatic rings. The molecule has 96 valence electrons. The minimum Gasteiger partial charge on any atom is -0.467 e. The van der Waals surface area contributed by atoms with Gasteiger partial charge in [-0.1, -0.05) is 0 Å². The van der Waals surface area contributed by atoms with Crippen molar-refractivity contribution in [1.82, 2.24) is 15.0 Å². The standard InChI is InChI=1S/C8H16N6O2S/c1-5(17(3)15)4-10-6-11-7(14-9)13-8(12-6)16-2/h5H,4,9H2,1-3H3,(H2,10,11,12,13,14). The summed E-state index contributed by atoms with van der Waals surface area (Å²) in [5, 5.41) is 2.94. The third kappa shape index (κ3) is 4.11. The molecule has 2 atom stereocenters. The fourth-order valence-corrected chi connectivity index (χ4v) is 1.26. The number of hydrogen-bond acceptors (Lipinski definition) is 8. The van der Waals surface area contributed by atoms with Crippen molar-refractivity contribution in [3.63, 3.8) is 0 Å². The van der Waals surface area contributed by atoms with Crippen LogP contribution >= 0.6 is 0 Å². The highest BCUT2D eigenvalue weighted by Crippen LogP contribution is 2.09. The topological polar surface area (TPSA) is 115 Å². The first-order valence-corrected chi connectivity index (χ1v) is 6.51. The van der Waals surface area contributed by atoms with Gasteiger partial charge in [0, 0.05) is 28.9 Å². The number of nitrogens with zero attached hydrogens (tertiary/aromatic N) is 3. The van der Waals surface area contributed by atoms with Crippen molar-refractivity contribution in [2.45, 2.75) is 12.2 Å². The molecular weight excluding hydrogens is 244 g/mol. The Labute approximate surface area is 102 Å². The zero-order valence-electron chi connectivity index (χ0n) is 9.93. The lowest BCUT2D eigenvalue weighted by Gasteiger charge is -2.10. The van der Waals surface area contributed by atoms with Crippen LogP contribution in [0, 0.1) is 0 Å². The second kappa shape index (κ2) is 6.30. The number of nitrogens with one attached hydrogen (secondary N) is 2. The second-order valence-electron chi connectivity index (χ2n) is 3.30. The van der Waals surface area contributed by atoms with Crippen LogP contribution in [0.4, 0.5) is 11.9 Å². The van der Waals surface area contributed by atoms with Crippen LogP contribution in [0.25, 0.3) is 0 Å². The van der Waals surface area contributed by atoms with Gasteiger partial charge in [-0.05, 0) is 6.92 Å². The quantitative estimate of drug-likeness (QED) is 0.456. The number of anilines is 2. The van der Waals surface area contributed by atoms with Crippen molar-refractivity contribution in [3.05, 3.63) is 0 Å². The van der Waals surface area contributed by atoms with Gasteiger partial charge in [-0.2, -0.15) is 15.0 Å². The molecule has 0 aromatic carbocycles. The van der Waals surface area contributed by atoms with Crippen LogP contribution in [0.1, 0.15) is 6.92 Å². The maximum Gasteiger partial charge on any atom is 0.322 e.